The van der Waals surface area contributed by atoms with Crippen LogP contribution in [0.5, 0.6) is 0 Å². The highest BCUT2D eigenvalue weighted by Gasteiger charge is 2.29. The van der Waals surface area contributed by atoms with Gasteiger partial charge in [0.25, 0.3) is 0 Å². The molecule has 0 saturated heterocycles. The maximum atomic E-state index is 4.57. The van der Waals surface area contributed by atoms with Gasteiger partial charge in [0.05, 0.1) is 5.69 Å². The molecule has 100 valence electrons. The molecular weight excluding hydrogens is 222 g/mol. The van der Waals surface area contributed by atoms with Gasteiger partial charge in [0.2, 0.25) is 0 Å². The summed E-state index contributed by atoms with van der Waals surface area (Å²) < 4.78 is 0. The molecule has 2 rings (SSSR count). The van der Waals surface area contributed by atoms with Crippen LogP contribution in [-0.2, 0) is 13.1 Å². The fourth-order valence-corrected chi connectivity index (χ4v) is 2.41. The van der Waals surface area contributed by atoms with Crippen LogP contribution in [0, 0.1) is 5.92 Å². The maximum Gasteiger partial charge on any atom is 0.0588 e. The zero-order valence-corrected chi connectivity index (χ0v) is 11.8. The first-order valence-electron chi connectivity index (χ1n) is 7.02. The minimum absolute atomic E-state index is 0.724. The van der Waals surface area contributed by atoms with Crippen molar-refractivity contribution in [2.75, 3.05) is 13.6 Å². The first kappa shape index (κ1) is 13.5. The number of hydrogen-bond donors (Lipinski definition) is 1. The van der Waals surface area contributed by atoms with E-state index in [9.17, 15) is 0 Å². The SMILES string of the molecule is CNCc1cccnc1CN(CC(C)C)C1CC1. The molecule has 0 radical (unpaired) electrons. The predicted octanol–water partition coefficient (Wildman–Crippen LogP) is 2.42. The smallest absolute Gasteiger partial charge is 0.0588 e. The first-order valence-corrected chi connectivity index (χ1v) is 7.02. The van der Waals surface area contributed by atoms with Crippen LogP contribution in [0.1, 0.15) is 37.9 Å². The standard InChI is InChI=1S/C15H25N3/c1-12(2)10-18(14-6-7-14)11-15-13(9-16-3)5-4-8-17-15/h4-5,8,12,14,16H,6-7,9-11H2,1-3H3. The van der Waals surface area contributed by atoms with E-state index in [-0.39, 0.29) is 0 Å². The van der Waals surface area contributed by atoms with E-state index in [4.69, 9.17) is 0 Å². The fraction of sp³-hybridized carbons (Fsp3) is 0.667. The van der Waals surface area contributed by atoms with Gasteiger partial charge in [-0.3, -0.25) is 9.88 Å². The van der Waals surface area contributed by atoms with Gasteiger partial charge in [-0.2, -0.15) is 0 Å². The van der Waals surface area contributed by atoms with Crippen LogP contribution in [0.15, 0.2) is 18.3 Å². The van der Waals surface area contributed by atoms with E-state index in [0.717, 1.165) is 25.0 Å². The topological polar surface area (TPSA) is 28.2 Å². The fourth-order valence-electron chi connectivity index (χ4n) is 2.41. The van der Waals surface area contributed by atoms with E-state index >= 15 is 0 Å². The van der Waals surface area contributed by atoms with Gasteiger partial charge >= 0.3 is 0 Å². The molecule has 1 aromatic rings. The second-order valence-corrected chi connectivity index (χ2v) is 5.69. The maximum absolute atomic E-state index is 4.57. The molecule has 0 amide bonds. The molecular formula is C15H25N3. The lowest BCUT2D eigenvalue weighted by molar-refractivity contribution is 0.223. The zero-order valence-electron chi connectivity index (χ0n) is 11.8. The average Bonchev–Trinajstić information content (AvgIpc) is 3.14. The van der Waals surface area contributed by atoms with Crippen LogP contribution in [0.3, 0.4) is 0 Å². The van der Waals surface area contributed by atoms with Crippen LogP contribution in [0.25, 0.3) is 0 Å². The third kappa shape index (κ3) is 3.79. The van der Waals surface area contributed by atoms with Gasteiger partial charge in [-0.1, -0.05) is 19.9 Å². The van der Waals surface area contributed by atoms with Crippen LogP contribution >= 0.6 is 0 Å². The molecule has 1 aromatic heterocycles. The van der Waals surface area contributed by atoms with Crippen LogP contribution in [0.4, 0.5) is 0 Å². The van der Waals surface area contributed by atoms with E-state index in [1.54, 1.807) is 0 Å². The highest BCUT2D eigenvalue weighted by molar-refractivity contribution is 5.19. The predicted molar refractivity (Wildman–Crippen MR) is 75.3 cm³/mol. The third-order valence-electron chi connectivity index (χ3n) is 3.37. The normalized spacial score (nSPS) is 15.6. The van der Waals surface area contributed by atoms with E-state index < -0.39 is 0 Å². The van der Waals surface area contributed by atoms with Crippen molar-refractivity contribution in [2.45, 2.75) is 45.8 Å². The Balaban J connectivity index is 2.05. The Kier molecular flexibility index (Phi) is 4.72. The van der Waals surface area contributed by atoms with Gasteiger partial charge in [-0.15, -0.1) is 0 Å². The summed E-state index contributed by atoms with van der Waals surface area (Å²) in [6.07, 6.45) is 4.64. The molecule has 0 bridgehead atoms. The van der Waals surface area contributed by atoms with E-state index in [0.29, 0.717) is 0 Å². The molecule has 1 N–H and O–H groups in total. The molecule has 3 heteroatoms. The number of hydrogen-bond acceptors (Lipinski definition) is 3. The highest BCUT2D eigenvalue weighted by Crippen LogP contribution is 2.29. The molecule has 0 aliphatic heterocycles. The number of nitrogens with zero attached hydrogens (tertiary/aromatic N) is 2. The molecule has 0 unspecified atom stereocenters. The molecule has 0 atom stereocenters. The molecule has 1 saturated carbocycles. The van der Waals surface area contributed by atoms with Crippen molar-refractivity contribution in [3.05, 3.63) is 29.6 Å². The summed E-state index contributed by atoms with van der Waals surface area (Å²) in [6, 6.07) is 5.01. The largest absolute Gasteiger partial charge is 0.316 e. The van der Waals surface area contributed by atoms with Gasteiger partial charge in [-0.05, 0) is 37.4 Å². The number of aromatic nitrogens is 1. The van der Waals surface area contributed by atoms with E-state index in [1.807, 2.05) is 19.3 Å². The lowest BCUT2D eigenvalue weighted by atomic mass is 10.1. The lowest BCUT2D eigenvalue weighted by Crippen LogP contribution is -2.30. The lowest BCUT2D eigenvalue weighted by Gasteiger charge is -2.24. The molecule has 1 fully saturated rings. The molecule has 3 nitrogen and oxygen atoms in total. The van der Waals surface area contributed by atoms with Gasteiger partial charge in [0, 0.05) is 31.9 Å². The first-order chi connectivity index (χ1) is 8.70. The van der Waals surface area contributed by atoms with Crippen molar-refractivity contribution >= 4 is 0 Å². The molecule has 1 aliphatic carbocycles. The average molecular weight is 247 g/mol. The Morgan fingerprint density at radius 2 is 2.22 bits per heavy atom. The summed E-state index contributed by atoms with van der Waals surface area (Å²) in [5.74, 6) is 0.724. The number of pyridine rings is 1. The van der Waals surface area contributed by atoms with Crippen molar-refractivity contribution in [1.82, 2.24) is 15.2 Å². The summed E-state index contributed by atoms with van der Waals surface area (Å²) in [7, 11) is 1.99. The van der Waals surface area contributed by atoms with Crippen LogP contribution in [0.2, 0.25) is 0 Å². The quantitative estimate of drug-likeness (QED) is 0.802. The zero-order chi connectivity index (χ0) is 13.0. The molecule has 18 heavy (non-hydrogen) atoms. The van der Waals surface area contributed by atoms with E-state index in [2.05, 4.69) is 35.1 Å². The molecule has 1 heterocycles. The molecule has 1 aliphatic rings. The number of nitrogens with one attached hydrogen (secondary N) is 1. The Bertz CT molecular complexity index is 372. The Hall–Kier alpha value is -0.930. The summed E-state index contributed by atoms with van der Waals surface area (Å²) in [4.78, 5) is 7.18. The second-order valence-electron chi connectivity index (χ2n) is 5.69. The minimum atomic E-state index is 0.724. The van der Waals surface area contributed by atoms with Crippen molar-refractivity contribution in [3.63, 3.8) is 0 Å². The van der Waals surface area contributed by atoms with Crippen molar-refractivity contribution in [1.29, 1.82) is 0 Å². The van der Waals surface area contributed by atoms with Gasteiger partial charge in [0.15, 0.2) is 0 Å². The third-order valence-corrected chi connectivity index (χ3v) is 3.37. The summed E-state index contributed by atoms with van der Waals surface area (Å²) >= 11 is 0. The minimum Gasteiger partial charge on any atom is -0.316 e. The highest BCUT2D eigenvalue weighted by atomic mass is 15.2. The number of rotatable bonds is 7. The summed E-state index contributed by atoms with van der Waals surface area (Å²) in [5.41, 5.74) is 2.56. The van der Waals surface area contributed by atoms with Crippen molar-refractivity contribution in [2.24, 2.45) is 5.92 Å². The summed E-state index contributed by atoms with van der Waals surface area (Å²) in [5, 5.41) is 3.22. The Morgan fingerprint density at radius 3 is 2.83 bits per heavy atom. The monoisotopic (exact) mass is 247 g/mol. The second kappa shape index (κ2) is 6.30. The van der Waals surface area contributed by atoms with Crippen molar-refractivity contribution < 1.29 is 0 Å². The molecule has 0 aromatic carbocycles. The van der Waals surface area contributed by atoms with Crippen LogP contribution < -0.4 is 5.32 Å². The Morgan fingerprint density at radius 1 is 1.44 bits per heavy atom. The molecule has 0 spiro atoms. The van der Waals surface area contributed by atoms with Gasteiger partial charge < -0.3 is 5.32 Å². The van der Waals surface area contributed by atoms with Gasteiger partial charge in [0.1, 0.15) is 0 Å². The van der Waals surface area contributed by atoms with E-state index in [1.165, 1.54) is 30.6 Å². The Labute approximate surface area is 111 Å². The summed E-state index contributed by atoms with van der Waals surface area (Å²) in [6.45, 7) is 7.68. The van der Waals surface area contributed by atoms with Gasteiger partial charge in [-0.25, -0.2) is 0 Å². The van der Waals surface area contributed by atoms with Crippen LogP contribution in [-0.4, -0.2) is 29.5 Å². The van der Waals surface area contributed by atoms with Crippen molar-refractivity contribution in [3.8, 4) is 0 Å².